The summed E-state index contributed by atoms with van der Waals surface area (Å²) in [5, 5.41) is 9.20. The van der Waals surface area contributed by atoms with E-state index in [1.54, 1.807) is 4.90 Å². The Balaban J connectivity index is 1.67. The molecular formula is C14H18N2O2. The van der Waals surface area contributed by atoms with Gasteiger partial charge in [0.2, 0.25) is 0 Å². The van der Waals surface area contributed by atoms with Crippen molar-refractivity contribution in [3.63, 3.8) is 0 Å². The van der Waals surface area contributed by atoms with Crippen LogP contribution in [0.4, 0.5) is 4.79 Å². The van der Waals surface area contributed by atoms with Crippen LogP contribution in [-0.2, 0) is 6.54 Å². The Morgan fingerprint density at radius 1 is 1.17 bits per heavy atom. The molecule has 2 fully saturated rings. The van der Waals surface area contributed by atoms with Crippen molar-refractivity contribution in [2.45, 2.75) is 31.5 Å². The number of hydrogen-bond acceptors (Lipinski definition) is 2. The van der Waals surface area contributed by atoms with Gasteiger partial charge in [-0.15, -0.1) is 0 Å². The lowest BCUT2D eigenvalue weighted by molar-refractivity contribution is 0.0592. The van der Waals surface area contributed by atoms with Crippen LogP contribution >= 0.6 is 0 Å². The van der Waals surface area contributed by atoms with Crippen LogP contribution in [-0.4, -0.2) is 46.2 Å². The first-order valence-electron chi connectivity index (χ1n) is 6.51. The lowest BCUT2D eigenvalue weighted by Crippen LogP contribution is -2.55. The van der Waals surface area contributed by atoms with Crippen LogP contribution in [0, 0.1) is 0 Å². The highest BCUT2D eigenvalue weighted by Gasteiger charge is 2.42. The maximum absolute atomic E-state index is 11.2. The van der Waals surface area contributed by atoms with Gasteiger partial charge >= 0.3 is 6.09 Å². The van der Waals surface area contributed by atoms with E-state index in [0.717, 1.165) is 32.5 Å². The summed E-state index contributed by atoms with van der Waals surface area (Å²) in [6.45, 7) is 2.68. The molecule has 2 aliphatic rings. The third-order valence-electron chi connectivity index (χ3n) is 4.03. The Bertz CT molecular complexity index is 421. The van der Waals surface area contributed by atoms with Gasteiger partial charge in [-0.25, -0.2) is 4.79 Å². The summed E-state index contributed by atoms with van der Waals surface area (Å²) in [6, 6.07) is 10.8. The number of carboxylic acid groups (broad SMARTS) is 1. The Labute approximate surface area is 107 Å². The summed E-state index contributed by atoms with van der Waals surface area (Å²) in [5.41, 5.74) is 1.31. The summed E-state index contributed by atoms with van der Waals surface area (Å²) in [7, 11) is 0. The molecule has 2 saturated heterocycles. The van der Waals surface area contributed by atoms with Crippen molar-refractivity contribution in [3.05, 3.63) is 35.9 Å². The molecule has 0 spiro atoms. The van der Waals surface area contributed by atoms with Crippen LogP contribution < -0.4 is 0 Å². The number of hydrogen-bond donors (Lipinski definition) is 1. The molecule has 1 N–H and O–H groups in total. The van der Waals surface area contributed by atoms with E-state index in [0.29, 0.717) is 0 Å². The summed E-state index contributed by atoms with van der Waals surface area (Å²) < 4.78 is 0. The number of rotatable bonds is 2. The molecule has 96 valence electrons. The fourth-order valence-electron chi connectivity index (χ4n) is 3.27. The highest BCUT2D eigenvalue weighted by atomic mass is 16.4. The van der Waals surface area contributed by atoms with Crippen LogP contribution in [0.1, 0.15) is 18.4 Å². The minimum Gasteiger partial charge on any atom is -0.465 e. The molecular weight excluding hydrogens is 228 g/mol. The normalized spacial score (nSPS) is 27.4. The van der Waals surface area contributed by atoms with Crippen molar-refractivity contribution >= 4 is 6.09 Å². The maximum atomic E-state index is 11.2. The van der Waals surface area contributed by atoms with Crippen molar-refractivity contribution < 1.29 is 9.90 Å². The van der Waals surface area contributed by atoms with Crippen molar-refractivity contribution in [3.8, 4) is 0 Å². The van der Waals surface area contributed by atoms with E-state index in [2.05, 4.69) is 29.2 Å². The van der Waals surface area contributed by atoms with Crippen LogP contribution in [0.3, 0.4) is 0 Å². The molecule has 0 unspecified atom stereocenters. The molecule has 3 rings (SSSR count). The first-order chi connectivity index (χ1) is 8.74. The zero-order valence-corrected chi connectivity index (χ0v) is 10.3. The topological polar surface area (TPSA) is 43.8 Å². The Morgan fingerprint density at radius 3 is 2.33 bits per heavy atom. The molecule has 18 heavy (non-hydrogen) atoms. The first kappa shape index (κ1) is 11.5. The van der Waals surface area contributed by atoms with E-state index in [1.807, 2.05) is 6.07 Å². The minimum absolute atomic E-state index is 0.199. The number of fused-ring (bicyclic) bond motifs is 2. The van der Waals surface area contributed by atoms with Gasteiger partial charge in [-0.05, 0) is 18.4 Å². The fourth-order valence-corrected chi connectivity index (χ4v) is 3.27. The summed E-state index contributed by atoms with van der Waals surface area (Å²) >= 11 is 0. The fraction of sp³-hybridized carbons (Fsp3) is 0.500. The Kier molecular flexibility index (Phi) is 2.96. The van der Waals surface area contributed by atoms with E-state index < -0.39 is 6.09 Å². The molecule has 2 atom stereocenters. The van der Waals surface area contributed by atoms with Gasteiger partial charge in [-0.2, -0.15) is 0 Å². The minimum atomic E-state index is -0.748. The van der Waals surface area contributed by atoms with Crippen molar-refractivity contribution in [2.75, 3.05) is 13.1 Å². The molecule has 0 radical (unpaired) electrons. The molecule has 4 heteroatoms. The summed E-state index contributed by atoms with van der Waals surface area (Å²) in [6.07, 6.45) is 1.28. The number of piperazine rings is 1. The highest BCUT2D eigenvalue weighted by Crippen LogP contribution is 2.30. The largest absolute Gasteiger partial charge is 0.465 e. The molecule has 2 aliphatic heterocycles. The zero-order chi connectivity index (χ0) is 12.5. The van der Waals surface area contributed by atoms with Crippen molar-refractivity contribution in [2.24, 2.45) is 0 Å². The predicted molar refractivity (Wildman–Crippen MR) is 68.4 cm³/mol. The standard InChI is InChI=1S/C14H18N2O2/c17-14(18)16-12-6-7-13(16)10-15(9-12)8-11-4-2-1-3-5-11/h1-5,12-13H,6-10H2,(H,17,18)/t12-,13+. The SMILES string of the molecule is O=C(O)N1[C@@H]2CC[C@H]1CN(Cc1ccccc1)C2. The van der Waals surface area contributed by atoms with E-state index in [1.165, 1.54) is 5.56 Å². The second-order valence-electron chi connectivity index (χ2n) is 5.25. The maximum Gasteiger partial charge on any atom is 0.407 e. The summed E-state index contributed by atoms with van der Waals surface area (Å²) in [5.74, 6) is 0. The molecule has 1 amide bonds. The van der Waals surface area contributed by atoms with Gasteiger partial charge in [0.15, 0.2) is 0 Å². The van der Waals surface area contributed by atoms with Gasteiger partial charge in [-0.1, -0.05) is 30.3 Å². The van der Waals surface area contributed by atoms with Crippen molar-refractivity contribution in [1.29, 1.82) is 0 Å². The molecule has 2 heterocycles. The number of benzene rings is 1. The molecule has 2 bridgehead atoms. The lowest BCUT2D eigenvalue weighted by Gasteiger charge is -2.39. The smallest absolute Gasteiger partial charge is 0.407 e. The van der Waals surface area contributed by atoms with E-state index in [-0.39, 0.29) is 12.1 Å². The van der Waals surface area contributed by atoms with E-state index in [4.69, 9.17) is 0 Å². The quantitative estimate of drug-likeness (QED) is 0.868. The van der Waals surface area contributed by atoms with Gasteiger partial charge < -0.3 is 5.11 Å². The average Bonchev–Trinajstić information content (AvgIpc) is 2.63. The van der Waals surface area contributed by atoms with Crippen LogP contribution in [0.25, 0.3) is 0 Å². The average molecular weight is 246 g/mol. The zero-order valence-electron chi connectivity index (χ0n) is 10.3. The van der Waals surface area contributed by atoms with Gasteiger partial charge in [0, 0.05) is 31.7 Å². The molecule has 1 aromatic carbocycles. The Hall–Kier alpha value is -1.55. The molecule has 0 saturated carbocycles. The number of nitrogens with zero attached hydrogens (tertiary/aromatic N) is 2. The first-order valence-corrected chi connectivity index (χ1v) is 6.51. The lowest BCUT2D eigenvalue weighted by atomic mass is 10.1. The van der Waals surface area contributed by atoms with Gasteiger partial charge in [-0.3, -0.25) is 9.80 Å². The Morgan fingerprint density at radius 2 is 1.78 bits per heavy atom. The number of amides is 1. The third-order valence-corrected chi connectivity index (χ3v) is 4.03. The van der Waals surface area contributed by atoms with E-state index >= 15 is 0 Å². The highest BCUT2D eigenvalue weighted by molar-refractivity contribution is 5.66. The predicted octanol–water partition coefficient (Wildman–Crippen LogP) is 2.01. The van der Waals surface area contributed by atoms with Crippen LogP contribution in [0.5, 0.6) is 0 Å². The molecule has 0 aliphatic carbocycles. The van der Waals surface area contributed by atoms with Gasteiger partial charge in [0.05, 0.1) is 0 Å². The summed E-state index contributed by atoms with van der Waals surface area (Å²) in [4.78, 5) is 15.2. The van der Waals surface area contributed by atoms with E-state index in [9.17, 15) is 9.90 Å². The molecule has 4 nitrogen and oxygen atoms in total. The monoisotopic (exact) mass is 246 g/mol. The van der Waals surface area contributed by atoms with Crippen LogP contribution in [0.15, 0.2) is 30.3 Å². The van der Waals surface area contributed by atoms with Crippen molar-refractivity contribution in [1.82, 2.24) is 9.80 Å². The number of carbonyl (C=O) groups is 1. The number of likely N-dealkylation sites (tertiary alicyclic amines) is 1. The second kappa shape index (κ2) is 4.61. The molecule has 1 aromatic rings. The third kappa shape index (κ3) is 2.08. The molecule has 0 aromatic heterocycles. The second-order valence-corrected chi connectivity index (χ2v) is 5.25. The van der Waals surface area contributed by atoms with Crippen LogP contribution in [0.2, 0.25) is 0 Å². The van der Waals surface area contributed by atoms with Gasteiger partial charge in [0.25, 0.3) is 0 Å². The van der Waals surface area contributed by atoms with Gasteiger partial charge in [0.1, 0.15) is 0 Å².